The zero-order valence-corrected chi connectivity index (χ0v) is 9.40. The van der Waals surface area contributed by atoms with E-state index in [1.165, 1.54) is 25.2 Å². The lowest BCUT2D eigenvalue weighted by atomic mass is 10.0. The lowest BCUT2D eigenvalue weighted by Gasteiger charge is -2.25. The highest BCUT2D eigenvalue weighted by Gasteiger charge is 2.27. The predicted octanol–water partition coefficient (Wildman–Crippen LogP) is 1.45. The number of ether oxygens (including phenoxy) is 1. The van der Waals surface area contributed by atoms with E-state index in [0.717, 1.165) is 0 Å². The van der Waals surface area contributed by atoms with Crippen molar-refractivity contribution < 1.29 is 19.4 Å². The number of hydrogen-bond acceptors (Lipinski definition) is 4. The summed E-state index contributed by atoms with van der Waals surface area (Å²) >= 11 is 5.13. The molecule has 0 spiro atoms. The van der Waals surface area contributed by atoms with Crippen LogP contribution in [-0.2, 0) is 14.3 Å². The zero-order valence-electron chi connectivity index (χ0n) is 8.64. The van der Waals surface area contributed by atoms with Crippen molar-refractivity contribution in [2.24, 2.45) is 0 Å². The standard InChI is InChI=1S/C11H11ClO4/c1-8(13)16-11(15)6-4-9(5-7-11)2-3-10(12)14/h2-6,15H,7H2,1H3/b3-2+. The Hall–Kier alpha value is -1.39. The van der Waals surface area contributed by atoms with Crippen molar-refractivity contribution in [1.82, 2.24) is 0 Å². The molecule has 1 N–H and O–H groups in total. The first-order valence-electron chi connectivity index (χ1n) is 4.60. The number of halogens is 1. The maximum absolute atomic E-state index is 10.7. The molecule has 0 saturated carbocycles. The van der Waals surface area contributed by atoms with E-state index in [0.29, 0.717) is 5.57 Å². The minimum atomic E-state index is -1.59. The highest BCUT2D eigenvalue weighted by molar-refractivity contribution is 6.66. The van der Waals surface area contributed by atoms with E-state index in [1.807, 2.05) is 0 Å². The van der Waals surface area contributed by atoms with Crippen molar-refractivity contribution in [3.63, 3.8) is 0 Å². The average molecular weight is 243 g/mol. The maximum Gasteiger partial charge on any atom is 0.305 e. The highest BCUT2D eigenvalue weighted by atomic mass is 35.5. The summed E-state index contributed by atoms with van der Waals surface area (Å²) in [6.07, 6.45) is 7.39. The number of aliphatic hydroxyl groups is 1. The van der Waals surface area contributed by atoms with Gasteiger partial charge in [-0.2, -0.15) is 0 Å². The van der Waals surface area contributed by atoms with Crippen LogP contribution in [0.4, 0.5) is 0 Å². The third kappa shape index (κ3) is 4.00. The van der Waals surface area contributed by atoms with Crippen LogP contribution in [0.5, 0.6) is 0 Å². The van der Waals surface area contributed by atoms with Gasteiger partial charge in [0.15, 0.2) is 0 Å². The molecule has 0 amide bonds. The predicted molar refractivity (Wildman–Crippen MR) is 58.6 cm³/mol. The quantitative estimate of drug-likeness (QED) is 0.352. The molecule has 0 aliphatic heterocycles. The molecule has 0 aromatic heterocycles. The smallest absolute Gasteiger partial charge is 0.305 e. The number of allylic oxidation sites excluding steroid dienone is 4. The van der Waals surface area contributed by atoms with Crippen LogP contribution in [0.15, 0.2) is 36.0 Å². The second-order valence-corrected chi connectivity index (χ2v) is 3.69. The summed E-state index contributed by atoms with van der Waals surface area (Å²) in [6.45, 7) is 1.22. The fraction of sp³-hybridized carbons (Fsp3) is 0.273. The van der Waals surface area contributed by atoms with E-state index in [-0.39, 0.29) is 6.42 Å². The fourth-order valence-corrected chi connectivity index (χ4v) is 1.30. The van der Waals surface area contributed by atoms with Gasteiger partial charge in [0.05, 0.1) is 0 Å². The minimum Gasteiger partial charge on any atom is -0.429 e. The third-order valence-corrected chi connectivity index (χ3v) is 2.02. The van der Waals surface area contributed by atoms with Gasteiger partial charge < -0.3 is 9.84 Å². The monoisotopic (exact) mass is 242 g/mol. The Bertz CT molecular complexity index is 395. The Kier molecular flexibility index (Phi) is 4.04. The second kappa shape index (κ2) is 5.09. The van der Waals surface area contributed by atoms with E-state index in [9.17, 15) is 14.7 Å². The SMILES string of the molecule is CC(=O)OC1(O)C=CC(/C=C/C(=O)Cl)=CC1. The van der Waals surface area contributed by atoms with Gasteiger partial charge in [-0.15, -0.1) is 0 Å². The highest BCUT2D eigenvalue weighted by Crippen LogP contribution is 2.22. The van der Waals surface area contributed by atoms with Gasteiger partial charge in [-0.1, -0.05) is 18.2 Å². The Morgan fingerprint density at radius 1 is 1.62 bits per heavy atom. The molecule has 16 heavy (non-hydrogen) atoms. The van der Waals surface area contributed by atoms with Crippen LogP contribution in [0.25, 0.3) is 0 Å². The van der Waals surface area contributed by atoms with Crippen LogP contribution < -0.4 is 0 Å². The second-order valence-electron chi connectivity index (χ2n) is 3.32. The van der Waals surface area contributed by atoms with Crippen molar-refractivity contribution in [1.29, 1.82) is 0 Å². The molecule has 1 atom stereocenters. The summed E-state index contributed by atoms with van der Waals surface area (Å²) in [6, 6.07) is 0. The lowest BCUT2D eigenvalue weighted by Crippen LogP contribution is -2.32. The molecule has 0 saturated heterocycles. The van der Waals surface area contributed by atoms with Crippen LogP contribution in [0.2, 0.25) is 0 Å². The molecule has 0 aromatic rings. The normalized spacial score (nSPS) is 24.3. The summed E-state index contributed by atoms with van der Waals surface area (Å²) in [5, 5.41) is 9.17. The molecule has 4 nitrogen and oxygen atoms in total. The van der Waals surface area contributed by atoms with Crippen molar-refractivity contribution in [2.45, 2.75) is 19.1 Å². The molecule has 0 bridgehead atoms. The van der Waals surface area contributed by atoms with Crippen molar-refractivity contribution in [3.05, 3.63) is 36.0 Å². The Morgan fingerprint density at radius 2 is 2.31 bits per heavy atom. The molecule has 0 aromatic carbocycles. The van der Waals surface area contributed by atoms with Gasteiger partial charge in [0.1, 0.15) is 0 Å². The number of rotatable bonds is 3. The van der Waals surface area contributed by atoms with E-state index in [2.05, 4.69) is 0 Å². The van der Waals surface area contributed by atoms with Gasteiger partial charge >= 0.3 is 5.97 Å². The zero-order chi connectivity index (χ0) is 12.2. The fourth-order valence-electron chi connectivity index (χ4n) is 1.24. The molecule has 1 aliphatic carbocycles. The van der Waals surface area contributed by atoms with Crippen LogP contribution >= 0.6 is 11.6 Å². The number of hydrogen-bond donors (Lipinski definition) is 1. The van der Waals surface area contributed by atoms with Crippen LogP contribution in [0.3, 0.4) is 0 Å². The summed E-state index contributed by atoms with van der Waals surface area (Å²) < 4.78 is 4.72. The van der Waals surface area contributed by atoms with E-state index < -0.39 is 17.0 Å². The van der Waals surface area contributed by atoms with Gasteiger partial charge in [0.25, 0.3) is 0 Å². The van der Waals surface area contributed by atoms with Gasteiger partial charge in [0, 0.05) is 13.3 Å². The Balaban J connectivity index is 2.65. The van der Waals surface area contributed by atoms with Crippen molar-refractivity contribution in [2.75, 3.05) is 0 Å². The van der Waals surface area contributed by atoms with Gasteiger partial charge in [-0.05, 0) is 29.3 Å². The third-order valence-electron chi connectivity index (χ3n) is 1.89. The van der Waals surface area contributed by atoms with Crippen molar-refractivity contribution in [3.8, 4) is 0 Å². The first kappa shape index (κ1) is 12.7. The van der Waals surface area contributed by atoms with Crippen LogP contribution in [-0.4, -0.2) is 22.1 Å². The molecule has 0 fully saturated rings. The first-order valence-corrected chi connectivity index (χ1v) is 4.98. The number of esters is 1. The lowest BCUT2D eigenvalue weighted by molar-refractivity contribution is -0.187. The molecular formula is C11H11ClO4. The van der Waals surface area contributed by atoms with Gasteiger partial charge in [-0.3, -0.25) is 9.59 Å². The minimum absolute atomic E-state index is 0.138. The van der Waals surface area contributed by atoms with Crippen molar-refractivity contribution >= 4 is 22.8 Å². The molecular weight excluding hydrogens is 232 g/mol. The van der Waals surface area contributed by atoms with Crippen LogP contribution in [0, 0.1) is 0 Å². The molecule has 86 valence electrons. The summed E-state index contributed by atoms with van der Waals surface area (Å²) in [7, 11) is 0. The maximum atomic E-state index is 10.7. The molecule has 1 rings (SSSR count). The van der Waals surface area contributed by atoms with Gasteiger partial charge in [0.2, 0.25) is 11.0 Å². The molecule has 0 radical (unpaired) electrons. The Labute approximate surface area is 97.8 Å². The van der Waals surface area contributed by atoms with E-state index in [1.54, 1.807) is 12.2 Å². The molecule has 1 unspecified atom stereocenters. The van der Waals surface area contributed by atoms with E-state index >= 15 is 0 Å². The first-order chi connectivity index (χ1) is 7.41. The summed E-state index contributed by atoms with van der Waals surface area (Å²) in [5.41, 5.74) is 0.714. The van der Waals surface area contributed by atoms with Crippen LogP contribution in [0.1, 0.15) is 13.3 Å². The molecule has 5 heteroatoms. The topological polar surface area (TPSA) is 63.6 Å². The largest absolute Gasteiger partial charge is 0.429 e. The summed E-state index contributed by atoms with van der Waals surface area (Å²) in [4.78, 5) is 21.2. The van der Waals surface area contributed by atoms with Gasteiger partial charge in [-0.25, -0.2) is 0 Å². The number of carbonyl (C=O) groups excluding carboxylic acids is 2. The average Bonchev–Trinajstić information content (AvgIpc) is 2.15. The number of carbonyl (C=O) groups is 2. The molecule has 1 aliphatic rings. The molecule has 0 heterocycles. The Morgan fingerprint density at radius 3 is 2.75 bits per heavy atom. The van der Waals surface area contributed by atoms with E-state index in [4.69, 9.17) is 16.3 Å². The summed E-state index contributed by atoms with van der Waals surface area (Å²) in [5.74, 6) is -2.15.